The molecule has 0 spiro atoms. The highest BCUT2D eigenvalue weighted by Crippen LogP contribution is 2.25. The van der Waals surface area contributed by atoms with Crippen molar-refractivity contribution in [2.75, 3.05) is 0 Å². The first-order chi connectivity index (χ1) is 9.16. The molecule has 1 nitrogen and oxygen atoms in total. The summed E-state index contributed by atoms with van der Waals surface area (Å²) in [4.78, 5) is 0. The molecule has 0 amide bonds. The maximum atomic E-state index is 13.1. The SMILES string of the molecule is C[C@H](NCc1ccc(F)c(F)c1)C1CCCCCC1. The molecular weight excluding hydrogens is 244 g/mol. The van der Waals surface area contributed by atoms with Crippen LogP contribution in [0, 0.1) is 17.6 Å². The van der Waals surface area contributed by atoms with Crippen LogP contribution in [0.4, 0.5) is 8.78 Å². The van der Waals surface area contributed by atoms with E-state index in [1.54, 1.807) is 6.07 Å². The zero-order chi connectivity index (χ0) is 13.7. The molecule has 0 bridgehead atoms. The average Bonchev–Trinajstić information content (AvgIpc) is 2.69. The summed E-state index contributed by atoms with van der Waals surface area (Å²) in [5.74, 6) is -0.824. The molecule has 0 radical (unpaired) electrons. The van der Waals surface area contributed by atoms with Crippen LogP contribution in [0.5, 0.6) is 0 Å². The van der Waals surface area contributed by atoms with Crippen LogP contribution >= 0.6 is 0 Å². The van der Waals surface area contributed by atoms with E-state index in [1.807, 2.05) is 0 Å². The smallest absolute Gasteiger partial charge is 0.159 e. The van der Waals surface area contributed by atoms with Gasteiger partial charge in [0.25, 0.3) is 0 Å². The lowest BCUT2D eigenvalue weighted by Gasteiger charge is -2.23. The van der Waals surface area contributed by atoms with E-state index in [1.165, 1.54) is 50.7 Å². The Morgan fingerprint density at radius 2 is 1.79 bits per heavy atom. The summed E-state index contributed by atoms with van der Waals surface area (Å²) in [6, 6.07) is 4.56. The second-order valence-electron chi connectivity index (χ2n) is 5.67. The number of halogens is 2. The van der Waals surface area contributed by atoms with Gasteiger partial charge in [0.15, 0.2) is 11.6 Å². The molecule has 1 aromatic carbocycles. The molecular formula is C16H23F2N. The predicted octanol–water partition coefficient (Wildman–Crippen LogP) is 4.41. The van der Waals surface area contributed by atoms with E-state index in [9.17, 15) is 8.78 Å². The Labute approximate surface area is 114 Å². The molecule has 1 aromatic rings. The molecule has 1 saturated carbocycles. The Hall–Kier alpha value is -0.960. The molecule has 0 aliphatic heterocycles. The standard InChI is InChI=1S/C16H23F2N/c1-12(14-6-4-2-3-5-7-14)19-11-13-8-9-15(17)16(18)10-13/h8-10,12,14,19H,2-7,11H2,1H3/t12-/m0/s1. The maximum absolute atomic E-state index is 13.1. The van der Waals surface area contributed by atoms with Crippen molar-refractivity contribution in [2.45, 2.75) is 58.0 Å². The molecule has 2 rings (SSSR count). The minimum Gasteiger partial charge on any atom is -0.310 e. The van der Waals surface area contributed by atoms with E-state index in [0.717, 1.165) is 5.56 Å². The van der Waals surface area contributed by atoms with Crippen LogP contribution in [0.1, 0.15) is 51.0 Å². The van der Waals surface area contributed by atoms with Crippen molar-refractivity contribution in [1.29, 1.82) is 0 Å². The van der Waals surface area contributed by atoms with Crippen LogP contribution in [-0.2, 0) is 6.54 Å². The number of benzene rings is 1. The quantitative estimate of drug-likeness (QED) is 0.797. The maximum Gasteiger partial charge on any atom is 0.159 e. The van der Waals surface area contributed by atoms with Gasteiger partial charge >= 0.3 is 0 Å². The number of hydrogen-bond donors (Lipinski definition) is 1. The average molecular weight is 267 g/mol. The summed E-state index contributed by atoms with van der Waals surface area (Å²) in [6.07, 6.45) is 7.92. The molecule has 0 aromatic heterocycles. The number of rotatable bonds is 4. The molecule has 1 atom stereocenters. The van der Waals surface area contributed by atoms with Gasteiger partial charge in [0, 0.05) is 12.6 Å². The summed E-state index contributed by atoms with van der Waals surface area (Å²) >= 11 is 0. The van der Waals surface area contributed by atoms with Gasteiger partial charge in [0.2, 0.25) is 0 Å². The lowest BCUT2D eigenvalue weighted by molar-refractivity contribution is 0.336. The van der Waals surface area contributed by atoms with Crippen LogP contribution in [-0.4, -0.2) is 6.04 Å². The van der Waals surface area contributed by atoms with Crippen molar-refractivity contribution in [1.82, 2.24) is 5.32 Å². The fourth-order valence-corrected chi connectivity index (χ4v) is 2.91. The van der Waals surface area contributed by atoms with Gasteiger partial charge < -0.3 is 5.32 Å². The minimum atomic E-state index is -0.777. The van der Waals surface area contributed by atoms with E-state index in [4.69, 9.17) is 0 Å². The first-order valence-corrected chi connectivity index (χ1v) is 7.34. The summed E-state index contributed by atoms with van der Waals surface area (Å²) in [7, 11) is 0. The van der Waals surface area contributed by atoms with E-state index in [2.05, 4.69) is 12.2 Å². The van der Waals surface area contributed by atoms with Crippen LogP contribution < -0.4 is 5.32 Å². The van der Waals surface area contributed by atoms with Crippen molar-refractivity contribution in [3.05, 3.63) is 35.4 Å². The highest BCUT2D eigenvalue weighted by molar-refractivity contribution is 5.17. The van der Waals surface area contributed by atoms with Crippen molar-refractivity contribution in [3.8, 4) is 0 Å². The number of hydrogen-bond acceptors (Lipinski definition) is 1. The largest absolute Gasteiger partial charge is 0.310 e. The van der Waals surface area contributed by atoms with Crippen LogP contribution in [0.2, 0.25) is 0 Å². The first kappa shape index (κ1) is 14.4. The fraction of sp³-hybridized carbons (Fsp3) is 0.625. The fourth-order valence-electron chi connectivity index (χ4n) is 2.91. The second kappa shape index (κ2) is 6.99. The Morgan fingerprint density at radius 3 is 2.42 bits per heavy atom. The van der Waals surface area contributed by atoms with Crippen molar-refractivity contribution < 1.29 is 8.78 Å². The summed E-state index contributed by atoms with van der Waals surface area (Å²) < 4.78 is 25.9. The molecule has 0 unspecified atom stereocenters. The third kappa shape index (κ3) is 4.27. The van der Waals surface area contributed by atoms with Crippen molar-refractivity contribution >= 4 is 0 Å². The van der Waals surface area contributed by atoms with Crippen molar-refractivity contribution in [3.63, 3.8) is 0 Å². The lowest BCUT2D eigenvalue weighted by atomic mass is 9.93. The minimum absolute atomic E-state index is 0.436. The zero-order valence-electron chi connectivity index (χ0n) is 11.6. The Morgan fingerprint density at radius 1 is 1.11 bits per heavy atom. The predicted molar refractivity (Wildman–Crippen MR) is 73.9 cm³/mol. The molecule has 1 fully saturated rings. The van der Waals surface area contributed by atoms with Gasteiger partial charge in [-0.1, -0.05) is 31.7 Å². The Balaban J connectivity index is 1.84. The van der Waals surface area contributed by atoms with Gasteiger partial charge in [-0.2, -0.15) is 0 Å². The molecule has 3 heteroatoms. The van der Waals surface area contributed by atoms with Crippen LogP contribution in [0.3, 0.4) is 0 Å². The highest BCUT2D eigenvalue weighted by Gasteiger charge is 2.18. The van der Waals surface area contributed by atoms with Gasteiger partial charge in [-0.15, -0.1) is 0 Å². The van der Waals surface area contributed by atoms with Crippen molar-refractivity contribution in [2.24, 2.45) is 5.92 Å². The normalized spacial score (nSPS) is 19.1. The molecule has 1 aliphatic rings. The molecule has 1 N–H and O–H groups in total. The lowest BCUT2D eigenvalue weighted by Crippen LogP contribution is -2.33. The summed E-state index contributed by atoms with van der Waals surface area (Å²) in [5.41, 5.74) is 0.805. The molecule has 19 heavy (non-hydrogen) atoms. The molecule has 106 valence electrons. The first-order valence-electron chi connectivity index (χ1n) is 7.34. The number of nitrogens with one attached hydrogen (secondary N) is 1. The Kier molecular flexibility index (Phi) is 5.32. The topological polar surface area (TPSA) is 12.0 Å². The van der Waals surface area contributed by atoms with E-state index in [-0.39, 0.29) is 0 Å². The second-order valence-corrected chi connectivity index (χ2v) is 5.67. The third-order valence-corrected chi connectivity index (χ3v) is 4.22. The summed E-state index contributed by atoms with van der Waals surface area (Å²) in [5, 5.41) is 3.45. The Bertz CT molecular complexity index is 398. The van der Waals surface area contributed by atoms with Crippen LogP contribution in [0.25, 0.3) is 0 Å². The van der Waals surface area contributed by atoms with Gasteiger partial charge in [-0.25, -0.2) is 8.78 Å². The van der Waals surface area contributed by atoms with Gasteiger partial charge in [0.05, 0.1) is 0 Å². The van der Waals surface area contributed by atoms with E-state index < -0.39 is 11.6 Å². The monoisotopic (exact) mass is 267 g/mol. The molecule has 0 heterocycles. The van der Waals surface area contributed by atoms with E-state index >= 15 is 0 Å². The zero-order valence-corrected chi connectivity index (χ0v) is 11.6. The van der Waals surface area contributed by atoms with Gasteiger partial charge in [-0.05, 0) is 43.4 Å². The van der Waals surface area contributed by atoms with Gasteiger partial charge in [-0.3, -0.25) is 0 Å². The van der Waals surface area contributed by atoms with E-state index in [0.29, 0.717) is 18.5 Å². The highest BCUT2D eigenvalue weighted by atomic mass is 19.2. The van der Waals surface area contributed by atoms with Crippen LogP contribution in [0.15, 0.2) is 18.2 Å². The van der Waals surface area contributed by atoms with Gasteiger partial charge in [0.1, 0.15) is 0 Å². The summed E-state index contributed by atoms with van der Waals surface area (Å²) in [6.45, 7) is 2.81. The third-order valence-electron chi connectivity index (χ3n) is 4.22. The molecule has 0 saturated heterocycles. The molecule has 1 aliphatic carbocycles.